The molecule has 0 radical (unpaired) electrons. The number of nitrogens with zero attached hydrogens (tertiary/aromatic N) is 2. The van der Waals surface area contributed by atoms with Gasteiger partial charge in [0, 0.05) is 11.5 Å². The predicted molar refractivity (Wildman–Crippen MR) is 95.4 cm³/mol. The highest BCUT2D eigenvalue weighted by molar-refractivity contribution is 8.02. The van der Waals surface area contributed by atoms with Crippen molar-refractivity contribution in [1.29, 1.82) is 0 Å². The predicted octanol–water partition coefficient (Wildman–Crippen LogP) is 1.97. The number of carboxylic acids is 1. The van der Waals surface area contributed by atoms with Gasteiger partial charge in [-0.15, -0.1) is 34.9 Å². The quantitative estimate of drug-likeness (QED) is 0.570. The molecule has 1 fully saturated rings. The Morgan fingerprint density at radius 1 is 1.42 bits per heavy atom. The fourth-order valence-corrected chi connectivity index (χ4v) is 6.49. The van der Waals surface area contributed by atoms with Gasteiger partial charge in [-0.1, -0.05) is 13.8 Å². The first-order valence-corrected chi connectivity index (χ1v) is 10.5. The van der Waals surface area contributed by atoms with Crippen LogP contribution in [0.15, 0.2) is 15.5 Å². The van der Waals surface area contributed by atoms with Gasteiger partial charge in [-0.25, -0.2) is 9.78 Å². The number of carboxylic acid groups (broad SMARTS) is 1. The molecule has 0 aromatic carbocycles. The summed E-state index contributed by atoms with van der Waals surface area (Å²) >= 11 is 4.66. The molecule has 6 nitrogen and oxygen atoms in total. The number of amides is 1. The van der Waals surface area contributed by atoms with Gasteiger partial charge in [0.2, 0.25) is 0 Å². The van der Waals surface area contributed by atoms with Crippen LogP contribution in [0.3, 0.4) is 0 Å². The molecular weight excluding hydrogens is 368 g/mol. The van der Waals surface area contributed by atoms with E-state index in [1.807, 2.05) is 0 Å². The van der Waals surface area contributed by atoms with Crippen LogP contribution in [0.25, 0.3) is 0 Å². The van der Waals surface area contributed by atoms with Crippen molar-refractivity contribution in [3.63, 3.8) is 0 Å². The molecule has 1 aromatic heterocycles. The average molecular weight is 387 g/mol. The molecule has 2 aliphatic heterocycles. The van der Waals surface area contributed by atoms with Gasteiger partial charge in [0.25, 0.3) is 5.91 Å². The Kier molecular flexibility index (Phi) is 5.24. The fraction of sp³-hybridized carbons (Fsp3) is 0.533. The lowest BCUT2D eigenvalue weighted by Crippen LogP contribution is -2.64. The number of hydrogen-bond donors (Lipinski definition) is 2. The second-order valence-electron chi connectivity index (χ2n) is 5.45. The van der Waals surface area contributed by atoms with Crippen molar-refractivity contribution in [1.82, 2.24) is 9.88 Å². The minimum atomic E-state index is -1.11. The number of aliphatic hydroxyl groups is 1. The molecule has 130 valence electrons. The Morgan fingerprint density at radius 3 is 2.79 bits per heavy atom. The molecule has 0 aliphatic carbocycles. The summed E-state index contributed by atoms with van der Waals surface area (Å²) in [5.74, 6) is -0.599. The molecule has 9 heteroatoms. The summed E-state index contributed by atoms with van der Waals surface area (Å²) in [6, 6.07) is 0. The molecule has 2 aliphatic rings. The van der Waals surface area contributed by atoms with Crippen LogP contribution in [-0.2, 0) is 22.4 Å². The first kappa shape index (κ1) is 17.8. The topological polar surface area (TPSA) is 90.7 Å². The maximum atomic E-state index is 11.8. The lowest BCUT2D eigenvalue weighted by atomic mass is 10.1. The molecule has 24 heavy (non-hydrogen) atoms. The van der Waals surface area contributed by atoms with Crippen LogP contribution in [0.4, 0.5) is 0 Å². The van der Waals surface area contributed by atoms with E-state index in [0.29, 0.717) is 11.5 Å². The fourth-order valence-electron chi connectivity index (χ4n) is 2.67. The average Bonchev–Trinajstić information content (AvgIpc) is 3.00. The summed E-state index contributed by atoms with van der Waals surface area (Å²) in [6.45, 7) is 4.12. The van der Waals surface area contributed by atoms with Crippen LogP contribution in [-0.4, -0.2) is 55.0 Å². The number of carbonyl (C=O) groups is 2. The summed E-state index contributed by atoms with van der Waals surface area (Å²) in [4.78, 5) is 29.3. The Bertz CT molecular complexity index is 716. The van der Waals surface area contributed by atoms with Gasteiger partial charge in [0.1, 0.15) is 11.1 Å². The van der Waals surface area contributed by atoms with E-state index in [4.69, 9.17) is 0 Å². The molecule has 0 unspecified atom stereocenters. The molecule has 1 amide bonds. The lowest BCUT2D eigenvalue weighted by Gasteiger charge is -2.47. The van der Waals surface area contributed by atoms with Crippen molar-refractivity contribution in [2.24, 2.45) is 0 Å². The number of β-lactam (4-membered cyclic amide) rings is 1. The molecule has 0 spiro atoms. The third-order valence-corrected chi connectivity index (χ3v) is 7.90. The Hall–Kier alpha value is -1.03. The van der Waals surface area contributed by atoms with E-state index >= 15 is 0 Å². The van der Waals surface area contributed by atoms with Gasteiger partial charge in [-0.3, -0.25) is 9.69 Å². The largest absolute Gasteiger partial charge is 0.477 e. The van der Waals surface area contributed by atoms with Crippen LogP contribution in [0.1, 0.15) is 24.5 Å². The third kappa shape index (κ3) is 2.98. The molecule has 0 bridgehead atoms. The maximum Gasteiger partial charge on any atom is 0.352 e. The highest BCUT2D eigenvalue weighted by Gasteiger charge is 2.52. The Morgan fingerprint density at radius 2 is 2.17 bits per heavy atom. The van der Waals surface area contributed by atoms with E-state index in [2.05, 4.69) is 18.8 Å². The van der Waals surface area contributed by atoms with E-state index in [1.54, 1.807) is 23.1 Å². The Labute approximate surface area is 152 Å². The summed E-state index contributed by atoms with van der Waals surface area (Å²) in [5, 5.41) is 19.8. The van der Waals surface area contributed by atoms with Crippen molar-refractivity contribution in [3.8, 4) is 0 Å². The monoisotopic (exact) mass is 386 g/mol. The van der Waals surface area contributed by atoms with Gasteiger partial charge in [0.15, 0.2) is 6.10 Å². The number of aryl methyl sites for hydroxylation is 2. The van der Waals surface area contributed by atoms with Crippen molar-refractivity contribution in [2.45, 2.75) is 42.4 Å². The van der Waals surface area contributed by atoms with E-state index in [1.165, 1.54) is 16.7 Å². The normalized spacial score (nSPS) is 23.3. The minimum absolute atomic E-state index is 0.0415. The number of hydrogen-bond acceptors (Lipinski definition) is 7. The zero-order chi connectivity index (χ0) is 17.4. The minimum Gasteiger partial charge on any atom is -0.477 e. The molecule has 2 atom stereocenters. The Balaban J connectivity index is 1.81. The molecular formula is C15H18N2O4S3. The summed E-state index contributed by atoms with van der Waals surface area (Å²) < 4.78 is 1.12. The third-order valence-electron chi connectivity index (χ3n) is 3.94. The van der Waals surface area contributed by atoms with Crippen LogP contribution >= 0.6 is 34.9 Å². The summed E-state index contributed by atoms with van der Waals surface area (Å²) in [5.41, 5.74) is 1.82. The number of carbonyl (C=O) groups excluding carboxylic acids is 1. The van der Waals surface area contributed by atoms with Gasteiger partial charge in [-0.2, -0.15) is 0 Å². The number of thiazole rings is 1. The standard InChI is InChI=1S/C15H18N2O4S3/c1-3-8-15(24-9(4-2)16-8)23-6-7-5-22-13-11(18)12(19)17(13)10(7)14(20)21/h11,13,18H,3-6H2,1-2H3,(H,20,21)/t11-,13+/m1/s1. The molecule has 1 aromatic rings. The van der Waals surface area contributed by atoms with E-state index in [9.17, 15) is 19.8 Å². The second-order valence-corrected chi connectivity index (χ2v) is 8.88. The van der Waals surface area contributed by atoms with Gasteiger partial charge in [0.05, 0.1) is 14.9 Å². The summed E-state index contributed by atoms with van der Waals surface area (Å²) in [7, 11) is 0. The number of thioether (sulfide) groups is 2. The highest BCUT2D eigenvalue weighted by atomic mass is 32.2. The number of aromatic nitrogens is 1. The number of aliphatic hydroxyl groups excluding tert-OH is 1. The summed E-state index contributed by atoms with van der Waals surface area (Å²) in [6.07, 6.45) is 0.648. The van der Waals surface area contributed by atoms with Crippen molar-refractivity contribution < 1.29 is 19.8 Å². The van der Waals surface area contributed by atoms with Crippen molar-refractivity contribution >= 4 is 46.7 Å². The second kappa shape index (κ2) is 7.07. The molecule has 0 saturated carbocycles. The van der Waals surface area contributed by atoms with Crippen molar-refractivity contribution in [2.75, 3.05) is 11.5 Å². The van der Waals surface area contributed by atoms with Crippen molar-refractivity contribution in [3.05, 3.63) is 22.0 Å². The lowest BCUT2D eigenvalue weighted by molar-refractivity contribution is -0.159. The van der Waals surface area contributed by atoms with Crippen LogP contribution in [0, 0.1) is 0 Å². The highest BCUT2D eigenvalue weighted by Crippen LogP contribution is 2.42. The molecule has 3 heterocycles. The van der Waals surface area contributed by atoms with E-state index in [0.717, 1.165) is 33.3 Å². The van der Waals surface area contributed by atoms with Crippen LogP contribution in [0.5, 0.6) is 0 Å². The smallest absolute Gasteiger partial charge is 0.352 e. The first-order valence-electron chi connectivity index (χ1n) is 7.67. The van der Waals surface area contributed by atoms with Crippen LogP contribution in [0.2, 0.25) is 0 Å². The molecule has 1 saturated heterocycles. The van der Waals surface area contributed by atoms with Gasteiger partial charge < -0.3 is 10.2 Å². The number of aliphatic carboxylic acids is 1. The number of rotatable bonds is 6. The van der Waals surface area contributed by atoms with Gasteiger partial charge >= 0.3 is 5.97 Å². The first-order chi connectivity index (χ1) is 11.5. The van der Waals surface area contributed by atoms with E-state index < -0.39 is 23.4 Å². The number of fused-ring (bicyclic) bond motifs is 1. The molecule has 3 rings (SSSR count). The SMILES string of the molecule is CCc1nc(CC)c(SCC2=C(C(=O)O)N3C(=O)[C@@H](O)[C@@H]3SC2)s1. The zero-order valence-electron chi connectivity index (χ0n) is 13.3. The van der Waals surface area contributed by atoms with E-state index in [-0.39, 0.29) is 5.70 Å². The van der Waals surface area contributed by atoms with Crippen LogP contribution < -0.4 is 0 Å². The molecule has 2 N–H and O–H groups in total. The maximum absolute atomic E-state index is 11.8. The van der Waals surface area contributed by atoms with Gasteiger partial charge in [-0.05, 0) is 18.4 Å². The zero-order valence-corrected chi connectivity index (χ0v) is 15.8.